The average Bonchev–Trinajstić information content (AvgIpc) is 3.07. The molecular formula is C22H19N5S. The van der Waals surface area contributed by atoms with Crippen LogP contribution < -0.4 is 0 Å². The molecule has 0 bridgehead atoms. The van der Waals surface area contributed by atoms with Crippen molar-refractivity contribution in [1.82, 2.24) is 19.7 Å². The summed E-state index contributed by atoms with van der Waals surface area (Å²) < 4.78 is 1.94. The number of aryl methyl sites for hydroxylation is 1. The predicted octanol–water partition coefficient (Wildman–Crippen LogP) is 5.01. The molecule has 0 saturated heterocycles. The van der Waals surface area contributed by atoms with Gasteiger partial charge in [0.2, 0.25) is 0 Å². The Labute approximate surface area is 168 Å². The van der Waals surface area contributed by atoms with Gasteiger partial charge in [-0.3, -0.25) is 0 Å². The molecule has 0 amide bonds. The molecule has 2 aromatic heterocycles. The maximum absolute atomic E-state index is 9.10. The van der Waals surface area contributed by atoms with Crippen LogP contribution in [0.25, 0.3) is 33.5 Å². The smallest absolute Gasteiger partial charge is 0.192 e. The van der Waals surface area contributed by atoms with Gasteiger partial charge in [0.1, 0.15) is 0 Å². The van der Waals surface area contributed by atoms with Crippen molar-refractivity contribution in [1.29, 1.82) is 5.26 Å². The maximum Gasteiger partial charge on any atom is 0.192 e. The van der Waals surface area contributed by atoms with Crippen molar-refractivity contribution in [3.8, 4) is 28.7 Å². The van der Waals surface area contributed by atoms with E-state index in [4.69, 9.17) is 10.2 Å². The normalized spacial score (nSPS) is 12.1. The minimum absolute atomic E-state index is 0.187. The molecule has 4 rings (SSSR count). The highest BCUT2D eigenvalue weighted by molar-refractivity contribution is 8.00. The molecule has 1 atom stereocenters. The molecule has 0 unspecified atom stereocenters. The van der Waals surface area contributed by atoms with Crippen molar-refractivity contribution in [2.45, 2.75) is 24.3 Å². The Morgan fingerprint density at radius 2 is 1.82 bits per heavy atom. The average molecular weight is 385 g/mol. The highest BCUT2D eigenvalue weighted by atomic mass is 32.2. The van der Waals surface area contributed by atoms with E-state index in [1.54, 1.807) is 0 Å². The third-order valence-electron chi connectivity index (χ3n) is 4.60. The first-order chi connectivity index (χ1) is 13.6. The molecule has 0 spiro atoms. The van der Waals surface area contributed by atoms with Crippen LogP contribution in [0.5, 0.6) is 0 Å². The number of aromatic nitrogens is 4. The standard InChI is InChI=1S/C22H19N5S/c1-14-8-10-16(11-9-14)20-12-18(17-6-4-5-7-19(17)24-20)21-25-26-22(27(21)3)28-15(2)13-23/h4-12,15H,1-3H3/t15-/m1/s1. The summed E-state index contributed by atoms with van der Waals surface area (Å²) in [5, 5.41) is 19.4. The first-order valence-electron chi connectivity index (χ1n) is 8.99. The summed E-state index contributed by atoms with van der Waals surface area (Å²) in [6.45, 7) is 3.93. The van der Waals surface area contributed by atoms with Crippen molar-refractivity contribution < 1.29 is 0 Å². The van der Waals surface area contributed by atoms with Gasteiger partial charge < -0.3 is 4.57 Å². The van der Waals surface area contributed by atoms with Crippen LogP contribution in [-0.2, 0) is 7.05 Å². The first kappa shape index (κ1) is 18.2. The van der Waals surface area contributed by atoms with Gasteiger partial charge in [-0.25, -0.2) is 4.98 Å². The number of rotatable bonds is 4. The third kappa shape index (κ3) is 3.37. The molecule has 0 N–H and O–H groups in total. The molecular weight excluding hydrogens is 366 g/mol. The first-order valence-corrected chi connectivity index (χ1v) is 9.87. The van der Waals surface area contributed by atoms with Crippen LogP contribution in [0.2, 0.25) is 0 Å². The number of hydrogen-bond acceptors (Lipinski definition) is 5. The Bertz CT molecular complexity index is 1190. The van der Waals surface area contributed by atoms with Gasteiger partial charge in [-0.15, -0.1) is 10.2 Å². The monoisotopic (exact) mass is 385 g/mol. The fourth-order valence-corrected chi connectivity index (χ4v) is 3.77. The van der Waals surface area contributed by atoms with Gasteiger partial charge in [0, 0.05) is 23.6 Å². The Kier molecular flexibility index (Phi) is 4.84. The maximum atomic E-state index is 9.10. The number of nitriles is 1. The number of para-hydroxylation sites is 1. The Morgan fingerprint density at radius 1 is 1.07 bits per heavy atom. The van der Waals surface area contributed by atoms with Crippen molar-refractivity contribution in [3.63, 3.8) is 0 Å². The summed E-state index contributed by atoms with van der Waals surface area (Å²) in [5.41, 5.74) is 5.07. The van der Waals surface area contributed by atoms with Crippen molar-refractivity contribution in [2.75, 3.05) is 0 Å². The Morgan fingerprint density at radius 3 is 2.57 bits per heavy atom. The number of pyridine rings is 1. The second kappa shape index (κ2) is 7.45. The lowest BCUT2D eigenvalue weighted by Crippen LogP contribution is -1.99. The lowest BCUT2D eigenvalue weighted by atomic mass is 10.0. The lowest BCUT2D eigenvalue weighted by Gasteiger charge is -2.10. The summed E-state index contributed by atoms with van der Waals surface area (Å²) in [5.74, 6) is 0.764. The van der Waals surface area contributed by atoms with E-state index in [-0.39, 0.29) is 5.25 Å². The fourth-order valence-electron chi connectivity index (χ4n) is 3.07. The van der Waals surface area contributed by atoms with Gasteiger partial charge in [-0.1, -0.05) is 59.8 Å². The minimum Gasteiger partial charge on any atom is -0.305 e. The molecule has 0 aliphatic heterocycles. The van der Waals surface area contributed by atoms with E-state index in [1.165, 1.54) is 17.3 Å². The van der Waals surface area contributed by atoms with E-state index >= 15 is 0 Å². The van der Waals surface area contributed by atoms with Gasteiger partial charge in [0.05, 0.1) is 22.5 Å². The number of benzene rings is 2. The van der Waals surface area contributed by atoms with Crippen molar-refractivity contribution >= 4 is 22.7 Å². The number of nitrogens with zero attached hydrogens (tertiary/aromatic N) is 5. The van der Waals surface area contributed by atoms with Gasteiger partial charge in [0.15, 0.2) is 11.0 Å². The molecule has 2 aromatic carbocycles. The summed E-state index contributed by atoms with van der Waals surface area (Å²) in [6.07, 6.45) is 0. The Hall–Kier alpha value is -3.17. The number of hydrogen-bond donors (Lipinski definition) is 0. The van der Waals surface area contributed by atoms with Crippen LogP contribution in [0, 0.1) is 18.3 Å². The minimum atomic E-state index is -0.187. The van der Waals surface area contributed by atoms with Crippen LogP contribution in [0.4, 0.5) is 0 Å². The molecule has 0 fully saturated rings. The van der Waals surface area contributed by atoms with E-state index in [1.807, 2.05) is 36.7 Å². The quantitative estimate of drug-likeness (QED) is 0.462. The number of thioether (sulfide) groups is 1. The van der Waals surface area contributed by atoms with E-state index in [2.05, 4.69) is 59.6 Å². The van der Waals surface area contributed by atoms with E-state index in [9.17, 15) is 0 Å². The largest absolute Gasteiger partial charge is 0.305 e. The molecule has 0 saturated carbocycles. The molecule has 0 aliphatic rings. The van der Waals surface area contributed by atoms with E-state index < -0.39 is 0 Å². The molecule has 28 heavy (non-hydrogen) atoms. The topological polar surface area (TPSA) is 67.4 Å². The lowest BCUT2D eigenvalue weighted by molar-refractivity contribution is 0.793. The Balaban J connectivity index is 1.89. The van der Waals surface area contributed by atoms with Gasteiger partial charge in [-0.2, -0.15) is 5.26 Å². The second-order valence-electron chi connectivity index (χ2n) is 6.69. The molecule has 0 radical (unpaired) electrons. The van der Waals surface area contributed by atoms with Gasteiger partial charge >= 0.3 is 0 Å². The van der Waals surface area contributed by atoms with Crippen LogP contribution in [0.15, 0.2) is 59.8 Å². The zero-order valence-electron chi connectivity index (χ0n) is 15.9. The summed E-state index contributed by atoms with van der Waals surface area (Å²) in [6, 6.07) is 20.7. The van der Waals surface area contributed by atoms with Crippen molar-refractivity contribution in [2.24, 2.45) is 7.05 Å². The fraction of sp³-hybridized carbons (Fsp3) is 0.182. The van der Waals surface area contributed by atoms with Crippen LogP contribution >= 0.6 is 11.8 Å². The molecule has 138 valence electrons. The van der Waals surface area contributed by atoms with E-state index in [0.29, 0.717) is 0 Å². The van der Waals surface area contributed by atoms with Crippen molar-refractivity contribution in [3.05, 3.63) is 60.2 Å². The van der Waals surface area contributed by atoms with Crippen LogP contribution in [-0.4, -0.2) is 25.0 Å². The zero-order chi connectivity index (χ0) is 19.7. The highest BCUT2D eigenvalue weighted by Crippen LogP contribution is 2.33. The van der Waals surface area contributed by atoms with Gasteiger partial charge in [0.25, 0.3) is 0 Å². The summed E-state index contributed by atoms with van der Waals surface area (Å²) >= 11 is 1.41. The molecule has 5 nitrogen and oxygen atoms in total. The summed E-state index contributed by atoms with van der Waals surface area (Å²) in [4.78, 5) is 4.85. The summed E-state index contributed by atoms with van der Waals surface area (Å²) in [7, 11) is 1.93. The zero-order valence-corrected chi connectivity index (χ0v) is 16.7. The number of fused-ring (bicyclic) bond motifs is 1. The van der Waals surface area contributed by atoms with E-state index in [0.717, 1.165) is 38.7 Å². The molecule has 2 heterocycles. The molecule has 4 aromatic rings. The second-order valence-corrected chi connectivity index (χ2v) is 8.00. The molecule has 6 heteroatoms. The molecule has 0 aliphatic carbocycles. The predicted molar refractivity (Wildman–Crippen MR) is 113 cm³/mol. The highest BCUT2D eigenvalue weighted by Gasteiger charge is 2.17. The van der Waals surface area contributed by atoms with Gasteiger partial charge in [-0.05, 0) is 26.0 Å². The van der Waals surface area contributed by atoms with Crippen LogP contribution in [0.1, 0.15) is 12.5 Å². The SMILES string of the molecule is Cc1ccc(-c2cc(-c3nnc(S[C@H](C)C#N)n3C)c3ccccc3n2)cc1. The third-order valence-corrected chi connectivity index (χ3v) is 5.63. The van der Waals surface area contributed by atoms with Crippen LogP contribution in [0.3, 0.4) is 0 Å².